The lowest BCUT2D eigenvalue weighted by Crippen LogP contribution is -2.22. The molecule has 1 amide bonds. The second kappa shape index (κ2) is 7.85. The Morgan fingerprint density at radius 3 is 2.39 bits per heavy atom. The van der Waals surface area contributed by atoms with Crippen molar-refractivity contribution in [3.8, 4) is 0 Å². The van der Waals surface area contributed by atoms with Crippen molar-refractivity contribution in [2.45, 2.75) is 0 Å². The van der Waals surface area contributed by atoms with Crippen molar-refractivity contribution in [2.75, 3.05) is 24.3 Å². The Morgan fingerprint density at radius 1 is 1.09 bits per heavy atom. The van der Waals surface area contributed by atoms with Crippen molar-refractivity contribution in [1.29, 1.82) is 0 Å². The molecule has 0 aliphatic heterocycles. The maximum absolute atomic E-state index is 12.0. The van der Waals surface area contributed by atoms with Gasteiger partial charge >= 0.3 is 5.97 Å². The first-order valence-electron chi connectivity index (χ1n) is 6.67. The second-order valence-corrected chi connectivity index (χ2v) is 5.39. The van der Waals surface area contributed by atoms with Crippen LogP contribution in [0.2, 0.25) is 10.0 Å². The van der Waals surface area contributed by atoms with Gasteiger partial charge in [-0.05, 0) is 30.3 Å². The molecule has 0 heterocycles. The summed E-state index contributed by atoms with van der Waals surface area (Å²) >= 11 is 12.0. The maximum atomic E-state index is 12.0. The minimum Gasteiger partial charge on any atom is -0.465 e. The molecule has 0 fully saturated rings. The van der Waals surface area contributed by atoms with Crippen LogP contribution in [-0.4, -0.2) is 25.5 Å². The van der Waals surface area contributed by atoms with E-state index in [9.17, 15) is 9.59 Å². The molecule has 5 nitrogen and oxygen atoms in total. The zero-order valence-corrected chi connectivity index (χ0v) is 13.7. The number of carbonyl (C=O) groups is 2. The number of esters is 1. The van der Waals surface area contributed by atoms with E-state index in [-0.39, 0.29) is 12.5 Å². The Morgan fingerprint density at radius 2 is 1.74 bits per heavy atom. The smallest absolute Gasteiger partial charge is 0.337 e. The lowest BCUT2D eigenvalue weighted by Gasteiger charge is -2.11. The van der Waals surface area contributed by atoms with Crippen LogP contribution in [0.5, 0.6) is 0 Å². The van der Waals surface area contributed by atoms with E-state index in [2.05, 4.69) is 15.4 Å². The van der Waals surface area contributed by atoms with Gasteiger partial charge in [-0.1, -0.05) is 35.3 Å². The van der Waals surface area contributed by atoms with Crippen LogP contribution in [0.4, 0.5) is 11.4 Å². The number of carbonyl (C=O) groups excluding carboxylic acids is 2. The highest BCUT2D eigenvalue weighted by molar-refractivity contribution is 6.39. The highest BCUT2D eigenvalue weighted by Crippen LogP contribution is 2.29. The van der Waals surface area contributed by atoms with Crippen molar-refractivity contribution >= 4 is 46.5 Å². The number of amides is 1. The van der Waals surface area contributed by atoms with Gasteiger partial charge in [-0.3, -0.25) is 4.79 Å². The Balaban J connectivity index is 1.98. The van der Waals surface area contributed by atoms with E-state index in [4.69, 9.17) is 23.2 Å². The molecule has 0 unspecified atom stereocenters. The van der Waals surface area contributed by atoms with Gasteiger partial charge in [-0.25, -0.2) is 4.79 Å². The Kier molecular flexibility index (Phi) is 5.84. The van der Waals surface area contributed by atoms with Crippen LogP contribution in [0.15, 0.2) is 42.5 Å². The third kappa shape index (κ3) is 4.61. The summed E-state index contributed by atoms with van der Waals surface area (Å²) in [5, 5.41) is 6.28. The number of nitrogens with one attached hydrogen (secondary N) is 2. The summed E-state index contributed by atoms with van der Waals surface area (Å²) in [7, 11) is 1.31. The number of halogens is 2. The number of methoxy groups -OCH3 is 1. The molecular weight excluding hydrogens is 339 g/mol. The molecule has 0 atom stereocenters. The minimum atomic E-state index is -0.444. The predicted molar refractivity (Wildman–Crippen MR) is 91.4 cm³/mol. The van der Waals surface area contributed by atoms with Gasteiger partial charge in [-0.15, -0.1) is 0 Å². The number of hydrogen-bond donors (Lipinski definition) is 2. The Labute approximate surface area is 143 Å². The third-order valence-electron chi connectivity index (χ3n) is 2.96. The zero-order chi connectivity index (χ0) is 16.8. The number of para-hydroxylation sites is 1. The van der Waals surface area contributed by atoms with Crippen LogP contribution in [0.25, 0.3) is 0 Å². The number of anilines is 2. The average molecular weight is 353 g/mol. The summed E-state index contributed by atoms with van der Waals surface area (Å²) in [4.78, 5) is 23.4. The highest BCUT2D eigenvalue weighted by atomic mass is 35.5. The minimum absolute atomic E-state index is 0.00776. The normalized spacial score (nSPS) is 10.0. The molecule has 2 rings (SSSR count). The fourth-order valence-electron chi connectivity index (χ4n) is 1.86. The van der Waals surface area contributed by atoms with Crippen molar-refractivity contribution < 1.29 is 14.3 Å². The first-order chi connectivity index (χ1) is 11.0. The van der Waals surface area contributed by atoms with Crippen LogP contribution in [-0.2, 0) is 9.53 Å². The molecule has 0 aliphatic rings. The summed E-state index contributed by atoms with van der Waals surface area (Å²) < 4.78 is 4.65. The fraction of sp³-hybridized carbons (Fsp3) is 0.125. The van der Waals surface area contributed by atoms with Gasteiger partial charge in [0.05, 0.1) is 35.0 Å². The topological polar surface area (TPSA) is 67.4 Å². The third-order valence-corrected chi connectivity index (χ3v) is 3.59. The lowest BCUT2D eigenvalue weighted by molar-refractivity contribution is -0.114. The summed E-state index contributed by atoms with van der Waals surface area (Å²) in [6.45, 7) is -0.00776. The van der Waals surface area contributed by atoms with Gasteiger partial charge in [0.15, 0.2) is 0 Å². The molecule has 0 saturated carbocycles. The van der Waals surface area contributed by atoms with E-state index in [1.54, 1.807) is 42.5 Å². The molecule has 0 aliphatic carbocycles. The zero-order valence-electron chi connectivity index (χ0n) is 12.2. The molecular formula is C16H14Cl2N2O3. The fourth-order valence-corrected chi connectivity index (χ4v) is 2.35. The molecule has 0 spiro atoms. The van der Waals surface area contributed by atoms with E-state index >= 15 is 0 Å². The van der Waals surface area contributed by atoms with Crippen molar-refractivity contribution in [2.24, 2.45) is 0 Å². The van der Waals surface area contributed by atoms with Gasteiger partial charge in [0.25, 0.3) is 0 Å². The van der Waals surface area contributed by atoms with E-state index in [0.717, 1.165) is 0 Å². The first kappa shape index (κ1) is 17.1. The molecule has 23 heavy (non-hydrogen) atoms. The van der Waals surface area contributed by atoms with Crippen LogP contribution in [0.1, 0.15) is 10.4 Å². The molecule has 2 aromatic carbocycles. The number of ether oxygens (including phenoxy) is 1. The Bertz CT molecular complexity index is 715. The van der Waals surface area contributed by atoms with Gasteiger partial charge in [0.1, 0.15) is 0 Å². The maximum Gasteiger partial charge on any atom is 0.337 e. The molecule has 2 aromatic rings. The summed E-state index contributed by atoms with van der Waals surface area (Å²) in [6.07, 6.45) is 0. The summed E-state index contributed by atoms with van der Waals surface area (Å²) in [5.74, 6) is -0.760. The van der Waals surface area contributed by atoms with E-state index in [0.29, 0.717) is 27.0 Å². The predicted octanol–water partition coefficient (Wildman–Crippen LogP) is 3.83. The molecule has 0 aromatic heterocycles. The summed E-state index contributed by atoms with van der Waals surface area (Å²) in [6, 6.07) is 11.6. The molecule has 0 radical (unpaired) electrons. The van der Waals surface area contributed by atoms with E-state index < -0.39 is 5.97 Å². The van der Waals surface area contributed by atoms with E-state index in [1.165, 1.54) is 7.11 Å². The van der Waals surface area contributed by atoms with Gasteiger partial charge < -0.3 is 15.4 Å². The van der Waals surface area contributed by atoms with Crippen LogP contribution in [0.3, 0.4) is 0 Å². The van der Waals surface area contributed by atoms with Crippen molar-refractivity contribution in [3.05, 3.63) is 58.1 Å². The number of benzene rings is 2. The van der Waals surface area contributed by atoms with Crippen LogP contribution in [0, 0.1) is 0 Å². The molecule has 0 saturated heterocycles. The van der Waals surface area contributed by atoms with E-state index in [1.807, 2.05) is 0 Å². The standard InChI is InChI=1S/C16H14Cl2N2O3/c1-23-16(22)10-4-2-5-11(8-10)19-9-14(21)20-15-12(17)6-3-7-13(15)18/h2-8,19H,9H2,1H3,(H,20,21). The van der Waals surface area contributed by atoms with Crippen LogP contribution < -0.4 is 10.6 Å². The van der Waals surface area contributed by atoms with Crippen molar-refractivity contribution in [3.63, 3.8) is 0 Å². The summed E-state index contributed by atoms with van der Waals surface area (Å²) in [5.41, 5.74) is 1.38. The second-order valence-electron chi connectivity index (χ2n) is 4.57. The van der Waals surface area contributed by atoms with Gasteiger partial charge in [-0.2, -0.15) is 0 Å². The number of rotatable bonds is 5. The molecule has 7 heteroatoms. The largest absolute Gasteiger partial charge is 0.465 e. The quantitative estimate of drug-likeness (QED) is 0.802. The molecule has 2 N–H and O–H groups in total. The van der Waals surface area contributed by atoms with Crippen LogP contribution >= 0.6 is 23.2 Å². The monoisotopic (exact) mass is 352 g/mol. The van der Waals surface area contributed by atoms with Crippen molar-refractivity contribution in [1.82, 2.24) is 0 Å². The average Bonchev–Trinajstić information content (AvgIpc) is 2.56. The van der Waals surface area contributed by atoms with Gasteiger partial charge in [0.2, 0.25) is 5.91 Å². The first-order valence-corrected chi connectivity index (χ1v) is 7.43. The molecule has 0 bridgehead atoms. The highest BCUT2D eigenvalue weighted by Gasteiger charge is 2.10. The Hall–Kier alpha value is -2.24. The van der Waals surface area contributed by atoms with Gasteiger partial charge in [0, 0.05) is 5.69 Å². The lowest BCUT2D eigenvalue weighted by atomic mass is 10.2. The number of hydrogen-bond acceptors (Lipinski definition) is 4. The molecule has 120 valence electrons. The SMILES string of the molecule is COC(=O)c1cccc(NCC(=O)Nc2c(Cl)cccc2Cl)c1.